The number of hydrogen-bond acceptors (Lipinski definition) is 3. The number of unbranched alkanes of at least 4 members (excludes halogenated alkanes) is 1. The van der Waals surface area contributed by atoms with Gasteiger partial charge in [0.1, 0.15) is 0 Å². The lowest BCUT2D eigenvalue weighted by Gasteiger charge is -2.17. The maximum absolute atomic E-state index is 11.7. The van der Waals surface area contributed by atoms with Crippen molar-refractivity contribution in [2.24, 2.45) is 0 Å². The van der Waals surface area contributed by atoms with Crippen molar-refractivity contribution in [3.63, 3.8) is 0 Å². The molecule has 1 atom stereocenters. The minimum atomic E-state index is -0.0835. The van der Waals surface area contributed by atoms with E-state index in [0.29, 0.717) is 23.8 Å². The number of hydrogen-bond donors (Lipinski definition) is 3. The van der Waals surface area contributed by atoms with Crippen molar-refractivity contribution in [2.45, 2.75) is 46.1 Å². The van der Waals surface area contributed by atoms with Gasteiger partial charge in [0.2, 0.25) is 0 Å². The summed E-state index contributed by atoms with van der Waals surface area (Å²) in [6.45, 7) is 6.84. The summed E-state index contributed by atoms with van der Waals surface area (Å²) in [5, 5.41) is 6.15. The SMILES string of the molecule is CCCCC(C)Nc1ccc(C(=O)NCC)cc1N. The van der Waals surface area contributed by atoms with E-state index in [1.54, 1.807) is 12.1 Å². The fourth-order valence-electron chi connectivity index (χ4n) is 1.95. The number of nitrogens with two attached hydrogens (primary N) is 1. The monoisotopic (exact) mass is 263 g/mol. The molecule has 0 aliphatic carbocycles. The van der Waals surface area contributed by atoms with Gasteiger partial charge in [-0.1, -0.05) is 19.8 Å². The van der Waals surface area contributed by atoms with Gasteiger partial charge < -0.3 is 16.4 Å². The Hall–Kier alpha value is -1.71. The molecule has 0 bridgehead atoms. The Kier molecular flexibility index (Phi) is 6.19. The highest BCUT2D eigenvalue weighted by Gasteiger charge is 2.08. The number of carbonyl (C=O) groups excluding carboxylic acids is 1. The molecule has 0 aliphatic rings. The third-order valence-corrected chi connectivity index (χ3v) is 3.04. The Morgan fingerprint density at radius 2 is 2.11 bits per heavy atom. The molecule has 1 aromatic carbocycles. The molecule has 4 N–H and O–H groups in total. The summed E-state index contributed by atoms with van der Waals surface area (Å²) in [4.78, 5) is 11.7. The smallest absolute Gasteiger partial charge is 0.251 e. The molecule has 0 heterocycles. The van der Waals surface area contributed by atoms with Gasteiger partial charge in [-0.15, -0.1) is 0 Å². The van der Waals surface area contributed by atoms with Gasteiger partial charge >= 0.3 is 0 Å². The average Bonchev–Trinajstić information content (AvgIpc) is 2.39. The predicted octanol–water partition coefficient (Wildman–Crippen LogP) is 3.01. The topological polar surface area (TPSA) is 67.2 Å². The van der Waals surface area contributed by atoms with Crippen LogP contribution in [0.25, 0.3) is 0 Å². The van der Waals surface area contributed by atoms with Crippen molar-refractivity contribution < 1.29 is 4.79 Å². The summed E-state index contributed by atoms with van der Waals surface area (Å²) in [5.74, 6) is -0.0835. The predicted molar refractivity (Wildman–Crippen MR) is 81.5 cm³/mol. The van der Waals surface area contributed by atoms with Crippen LogP contribution in [-0.2, 0) is 0 Å². The highest BCUT2D eigenvalue weighted by atomic mass is 16.1. The number of anilines is 2. The summed E-state index contributed by atoms with van der Waals surface area (Å²) < 4.78 is 0. The standard InChI is InChI=1S/C15H25N3O/c1-4-6-7-11(3)18-14-9-8-12(10-13(14)16)15(19)17-5-2/h8-11,18H,4-7,16H2,1-3H3,(H,17,19). The largest absolute Gasteiger partial charge is 0.397 e. The van der Waals surface area contributed by atoms with Crippen LogP contribution in [0, 0.1) is 0 Å². The highest BCUT2D eigenvalue weighted by Crippen LogP contribution is 2.21. The van der Waals surface area contributed by atoms with Crippen LogP contribution >= 0.6 is 0 Å². The molecular weight excluding hydrogens is 238 g/mol. The molecule has 19 heavy (non-hydrogen) atoms. The Morgan fingerprint density at radius 1 is 1.37 bits per heavy atom. The van der Waals surface area contributed by atoms with Crippen LogP contribution < -0.4 is 16.4 Å². The van der Waals surface area contributed by atoms with Crippen molar-refractivity contribution in [1.29, 1.82) is 0 Å². The minimum Gasteiger partial charge on any atom is -0.397 e. The van der Waals surface area contributed by atoms with Crippen LogP contribution in [0.4, 0.5) is 11.4 Å². The van der Waals surface area contributed by atoms with Crippen molar-refractivity contribution in [3.8, 4) is 0 Å². The highest BCUT2D eigenvalue weighted by molar-refractivity contribution is 5.96. The third kappa shape index (κ3) is 4.81. The lowest BCUT2D eigenvalue weighted by atomic mass is 10.1. The molecule has 0 aromatic heterocycles. The first kappa shape index (κ1) is 15.3. The van der Waals surface area contributed by atoms with Gasteiger partial charge in [0, 0.05) is 18.2 Å². The minimum absolute atomic E-state index is 0.0835. The Bertz CT molecular complexity index is 418. The quantitative estimate of drug-likeness (QED) is 0.662. The third-order valence-electron chi connectivity index (χ3n) is 3.04. The zero-order chi connectivity index (χ0) is 14.3. The van der Waals surface area contributed by atoms with Crippen molar-refractivity contribution in [1.82, 2.24) is 5.32 Å². The maximum Gasteiger partial charge on any atom is 0.251 e. The van der Waals surface area contributed by atoms with Crippen molar-refractivity contribution in [2.75, 3.05) is 17.6 Å². The van der Waals surface area contributed by atoms with Gasteiger partial charge in [-0.3, -0.25) is 4.79 Å². The fraction of sp³-hybridized carbons (Fsp3) is 0.533. The molecule has 0 aliphatic heterocycles. The van der Waals surface area contributed by atoms with E-state index in [4.69, 9.17) is 5.73 Å². The second-order valence-corrected chi connectivity index (χ2v) is 4.85. The normalized spacial score (nSPS) is 11.9. The van der Waals surface area contributed by atoms with Gasteiger partial charge in [-0.2, -0.15) is 0 Å². The van der Waals surface area contributed by atoms with E-state index < -0.39 is 0 Å². The molecule has 1 amide bonds. The number of amides is 1. The van der Waals surface area contributed by atoms with Crippen LogP contribution in [0.15, 0.2) is 18.2 Å². The Labute approximate surface area is 115 Å². The van der Waals surface area contributed by atoms with E-state index in [1.807, 2.05) is 13.0 Å². The molecule has 1 rings (SSSR count). The second-order valence-electron chi connectivity index (χ2n) is 4.85. The summed E-state index contributed by atoms with van der Waals surface area (Å²) >= 11 is 0. The molecule has 0 radical (unpaired) electrons. The van der Waals surface area contributed by atoms with Crippen LogP contribution in [0.5, 0.6) is 0 Å². The zero-order valence-corrected chi connectivity index (χ0v) is 12.1. The molecule has 4 heteroatoms. The number of benzene rings is 1. The Balaban J connectivity index is 2.69. The fourth-order valence-corrected chi connectivity index (χ4v) is 1.95. The lowest BCUT2D eigenvalue weighted by Crippen LogP contribution is -2.23. The second kappa shape index (κ2) is 7.67. The first-order valence-corrected chi connectivity index (χ1v) is 7.02. The number of nitrogen functional groups attached to an aromatic ring is 1. The van der Waals surface area contributed by atoms with Crippen LogP contribution in [-0.4, -0.2) is 18.5 Å². The van der Waals surface area contributed by atoms with E-state index in [0.717, 1.165) is 12.1 Å². The zero-order valence-electron chi connectivity index (χ0n) is 12.1. The molecule has 0 fully saturated rings. The number of rotatable bonds is 7. The van der Waals surface area contributed by atoms with Gasteiger partial charge in [0.05, 0.1) is 11.4 Å². The molecular formula is C15H25N3O. The summed E-state index contributed by atoms with van der Waals surface area (Å²) in [5.41, 5.74) is 8.11. The summed E-state index contributed by atoms with van der Waals surface area (Å²) in [6.07, 6.45) is 3.51. The van der Waals surface area contributed by atoms with E-state index in [9.17, 15) is 4.79 Å². The maximum atomic E-state index is 11.7. The van der Waals surface area contributed by atoms with Crippen LogP contribution in [0.2, 0.25) is 0 Å². The molecule has 0 saturated carbocycles. The number of nitrogens with one attached hydrogen (secondary N) is 2. The Morgan fingerprint density at radius 3 is 2.68 bits per heavy atom. The van der Waals surface area contributed by atoms with E-state index in [2.05, 4.69) is 24.5 Å². The van der Waals surface area contributed by atoms with Crippen molar-refractivity contribution >= 4 is 17.3 Å². The molecule has 0 spiro atoms. The first-order valence-electron chi connectivity index (χ1n) is 7.02. The van der Waals surface area contributed by atoms with Gasteiger partial charge in [-0.05, 0) is 38.5 Å². The van der Waals surface area contributed by atoms with E-state index >= 15 is 0 Å². The van der Waals surface area contributed by atoms with Crippen molar-refractivity contribution in [3.05, 3.63) is 23.8 Å². The van der Waals surface area contributed by atoms with E-state index in [1.165, 1.54) is 12.8 Å². The van der Waals surface area contributed by atoms with E-state index in [-0.39, 0.29) is 5.91 Å². The lowest BCUT2D eigenvalue weighted by molar-refractivity contribution is 0.0956. The average molecular weight is 263 g/mol. The molecule has 0 saturated heterocycles. The van der Waals surface area contributed by atoms with Gasteiger partial charge in [0.15, 0.2) is 0 Å². The summed E-state index contributed by atoms with van der Waals surface area (Å²) in [7, 11) is 0. The number of carbonyl (C=O) groups is 1. The molecule has 4 nitrogen and oxygen atoms in total. The summed E-state index contributed by atoms with van der Waals surface area (Å²) in [6, 6.07) is 5.79. The first-order chi connectivity index (χ1) is 9.08. The van der Waals surface area contributed by atoms with Gasteiger partial charge in [0.25, 0.3) is 5.91 Å². The molecule has 106 valence electrons. The molecule has 1 aromatic rings. The van der Waals surface area contributed by atoms with Gasteiger partial charge in [-0.25, -0.2) is 0 Å². The van der Waals surface area contributed by atoms with Crippen LogP contribution in [0.1, 0.15) is 50.4 Å². The van der Waals surface area contributed by atoms with Crippen LogP contribution in [0.3, 0.4) is 0 Å². The molecule has 1 unspecified atom stereocenters.